The van der Waals surface area contributed by atoms with Gasteiger partial charge in [-0.2, -0.15) is 0 Å². The molecule has 1 N–H and O–H groups in total. The first-order valence-corrected chi connectivity index (χ1v) is 6.84. The van der Waals surface area contributed by atoms with E-state index in [4.69, 9.17) is 4.74 Å². The van der Waals surface area contributed by atoms with Gasteiger partial charge in [-0.25, -0.2) is 4.39 Å². The van der Waals surface area contributed by atoms with Crippen LogP contribution in [0.4, 0.5) is 4.39 Å². The first-order chi connectivity index (χ1) is 9.63. The van der Waals surface area contributed by atoms with Crippen molar-refractivity contribution < 1.29 is 14.2 Å². The van der Waals surface area contributed by atoms with Gasteiger partial charge in [-0.05, 0) is 60.7 Å². The first-order valence-electron chi connectivity index (χ1n) is 6.84. The fraction of sp³-hybridized carbons (Fsp3) is 0.294. The van der Waals surface area contributed by atoms with Gasteiger partial charge in [-0.3, -0.25) is 0 Å². The summed E-state index contributed by atoms with van der Waals surface area (Å²) in [6, 6.07) is 11.9. The molecule has 0 aromatic heterocycles. The van der Waals surface area contributed by atoms with Gasteiger partial charge in [-0.15, -0.1) is 0 Å². The average Bonchev–Trinajstić information content (AvgIpc) is 3.23. The van der Waals surface area contributed by atoms with Gasteiger partial charge in [-0.1, -0.05) is 18.2 Å². The molecular weight excluding hydrogens is 255 g/mol. The fourth-order valence-corrected chi connectivity index (χ4v) is 2.23. The van der Waals surface area contributed by atoms with Crippen LogP contribution in [0, 0.1) is 12.7 Å². The Kier molecular flexibility index (Phi) is 3.45. The summed E-state index contributed by atoms with van der Waals surface area (Å²) >= 11 is 0. The molecule has 3 heteroatoms. The molecule has 1 fully saturated rings. The summed E-state index contributed by atoms with van der Waals surface area (Å²) in [4.78, 5) is 0. The molecule has 0 heterocycles. The van der Waals surface area contributed by atoms with Crippen LogP contribution in [-0.4, -0.2) is 11.2 Å². The molecule has 2 aromatic carbocycles. The van der Waals surface area contributed by atoms with Gasteiger partial charge in [0.2, 0.25) is 0 Å². The summed E-state index contributed by atoms with van der Waals surface area (Å²) < 4.78 is 18.8. The molecule has 0 saturated heterocycles. The topological polar surface area (TPSA) is 29.5 Å². The van der Waals surface area contributed by atoms with Crippen LogP contribution in [0.15, 0.2) is 42.5 Å². The normalized spacial score (nSPS) is 15.9. The lowest BCUT2D eigenvalue weighted by Crippen LogP contribution is -2.03. The molecule has 1 aliphatic carbocycles. The average molecular weight is 272 g/mol. The van der Waals surface area contributed by atoms with Crippen LogP contribution < -0.4 is 4.74 Å². The third-order valence-electron chi connectivity index (χ3n) is 3.55. The minimum Gasteiger partial charge on any atom is -0.490 e. The zero-order valence-electron chi connectivity index (χ0n) is 11.3. The summed E-state index contributed by atoms with van der Waals surface area (Å²) in [7, 11) is 0. The summed E-state index contributed by atoms with van der Waals surface area (Å²) in [5.41, 5.74) is 2.25. The summed E-state index contributed by atoms with van der Waals surface area (Å²) in [5.74, 6) is 0.547. The Labute approximate surface area is 117 Å². The van der Waals surface area contributed by atoms with Crippen LogP contribution in [0.25, 0.3) is 0 Å². The number of aliphatic hydroxyl groups excluding tert-OH is 1. The molecule has 0 spiro atoms. The molecule has 1 atom stereocenters. The standard InChI is InChI=1S/C17H17FO2/c1-11-10-13(18)4-9-16(11)17(19)12-2-5-14(6-3-12)20-15-7-8-15/h2-6,9-10,15,17,19H,7-8H2,1H3. The smallest absolute Gasteiger partial charge is 0.123 e. The van der Waals surface area contributed by atoms with Gasteiger partial charge in [0.15, 0.2) is 0 Å². The van der Waals surface area contributed by atoms with Crippen molar-refractivity contribution in [2.45, 2.75) is 32.0 Å². The molecule has 0 aliphatic heterocycles. The Bertz CT molecular complexity index is 603. The molecular formula is C17H17FO2. The Hall–Kier alpha value is -1.87. The second-order valence-corrected chi connectivity index (χ2v) is 5.29. The fourth-order valence-electron chi connectivity index (χ4n) is 2.23. The van der Waals surface area contributed by atoms with Gasteiger partial charge in [0, 0.05) is 0 Å². The Morgan fingerprint density at radius 2 is 1.85 bits per heavy atom. The van der Waals surface area contributed by atoms with Gasteiger partial charge >= 0.3 is 0 Å². The van der Waals surface area contributed by atoms with Crippen molar-refractivity contribution >= 4 is 0 Å². The highest BCUT2D eigenvalue weighted by Gasteiger charge is 2.23. The monoisotopic (exact) mass is 272 g/mol. The molecule has 1 aliphatic rings. The lowest BCUT2D eigenvalue weighted by atomic mass is 9.97. The summed E-state index contributed by atoms with van der Waals surface area (Å²) in [5, 5.41) is 10.4. The predicted octanol–water partition coefficient (Wildman–Crippen LogP) is 3.76. The largest absolute Gasteiger partial charge is 0.490 e. The van der Waals surface area contributed by atoms with Crippen molar-refractivity contribution in [2.24, 2.45) is 0 Å². The molecule has 0 bridgehead atoms. The van der Waals surface area contributed by atoms with E-state index in [-0.39, 0.29) is 5.82 Å². The molecule has 20 heavy (non-hydrogen) atoms. The Morgan fingerprint density at radius 1 is 1.15 bits per heavy atom. The highest BCUT2D eigenvalue weighted by molar-refractivity contribution is 5.37. The summed E-state index contributed by atoms with van der Waals surface area (Å²) in [6.45, 7) is 1.80. The van der Waals surface area contributed by atoms with Gasteiger partial charge in [0.05, 0.1) is 6.10 Å². The molecule has 2 nitrogen and oxygen atoms in total. The molecule has 0 radical (unpaired) electrons. The van der Waals surface area contributed by atoms with Crippen molar-refractivity contribution in [1.82, 2.24) is 0 Å². The Balaban J connectivity index is 1.80. The van der Waals surface area contributed by atoms with Gasteiger partial charge in [0.1, 0.15) is 17.7 Å². The number of halogens is 1. The molecule has 0 amide bonds. The molecule has 1 unspecified atom stereocenters. The Morgan fingerprint density at radius 3 is 2.45 bits per heavy atom. The minimum atomic E-state index is -0.745. The lowest BCUT2D eigenvalue weighted by molar-refractivity contribution is 0.219. The first kappa shape index (κ1) is 13.1. The van der Waals surface area contributed by atoms with Crippen molar-refractivity contribution in [2.75, 3.05) is 0 Å². The van der Waals surface area contributed by atoms with E-state index in [1.54, 1.807) is 13.0 Å². The van der Waals surface area contributed by atoms with Gasteiger partial charge < -0.3 is 9.84 Å². The number of benzene rings is 2. The second-order valence-electron chi connectivity index (χ2n) is 5.29. The number of hydrogen-bond acceptors (Lipinski definition) is 2. The number of aryl methyl sites for hydroxylation is 1. The quantitative estimate of drug-likeness (QED) is 0.918. The van der Waals surface area contributed by atoms with E-state index in [2.05, 4.69) is 0 Å². The van der Waals surface area contributed by atoms with Crippen LogP contribution in [0.1, 0.15) is 35.6 Å². The van der Waals surface area contributed by atoms with E-state index in [0.29, 0.717) is 6.10 Å². The van der Waals surface area contributed by atoms with Crippen LogP contribution in [-0.2, 0) is 0 Å². The maximum absolute atomic E-state index is 13.1. The maximum Gasteiger partial charge on any atom is 0.123 e. The van der Waals surface area contributed by atoms with E-state index >= 15 is 0 Å². The third-order valence-corrected chi connectivity index (χ3v) is 3.55. The van der Waals surface area contributed by atoms with Crippen LogP contribution >= 0.6 is 0 Å². The maximum atomic E-state index is 13.1. The van der Waals surface area contributed by atoms with E-state index in [1.807, 2.05) is 24.3 Å². The van der Waals surface area contributed by atoms with Crippen LogP contribution in [0.3, 0.4) is 0 Å². The highest BCUT2D eigenvalue weighted by Crippen LogP contribution is 2.29. The van der Waals surface area contributed by atoms with Crippen molar-refractivity contribution in [3.05, 3.63) is 65.0 Å². The van der Waals surface area contributed by atoms with Crippen LogP contribution in [0.5, 0.6) is 5.75 Å². The van der Waals surface area contributed by atoms with Crippen molar-refractivity contribution in [1.29, 1.82) is 0 Å². The van der Waals surface area contributed by atoms with E-state index in [1.165, 1.54) is 12.1 Å². The number of aliphatic hydroxyl groups is 1. The number of rotatable bonds is 4. The van der Waals surface area contributed by atoms with Gasteiger partial charge in [0.25, 0.3) is 0 Å². The molecule has 1 saturated carbocycles. The third kappa shape index (κ3) is 2.83. The highest BCUT2D eigenvalue weighted by atomic mass is 19.1. The van der Waals surface area contributed by atoms with Crippen molar-refractivity contribution in [3.63, 3.8) is 0 Å². The SMILES string of the molecule is Cc1cc(F)ccc1C(O)c1ccc(OC2CC2)cc1. The molecule has 104 valence electrons. The lowest BCUT2D eigenvalue weighted by Gasteiger charge is -2.15. The number of hydrogen-bond donors (Lipinski definition) is 1. The van der Waals surface area contributed by atoms with E-state index in [0.717, 1.165) is 35.3 Å². The van der Waals surface area contributed by atoms with E-state index < -0.39 is 6.10 Å². The second kappa shape index (κ2) is 5.25. The summed E-state index contributed by atoms with van der Waals surface area (Å²) in [6.07, 6.45) is 1.87. The zero-order chi connectivity index (χ0) is 14.1. The van der Waals surface area contributed by atoms with Crippen LogP contribution in [0.2, 0.25) is 0 Å². The number of ether oxygens (including phenoxy) is 1. The minimum absolute atomic E-state index is 0.286. The van der Waals surface area contributed by atoms with E-state index in [9.17, 15) is 9.50 Å². The zero-order valence-corrected chi connectivity index (χ0v) is 11.3. The predicted molar refractivity (Wildman–Crippen MR) is 75.3 cm³/mol. The molecule has 3 rings (SSSR count). The molecule has 2 aromatic rings. The van der Waals surface area contributed by atoms with Crippen molar-refractivity contribution in [3.8, 4) is 5.75 Å².